The average Bonchev–Trinajstić information content (AvgIpc) is 2.15. The highest BCUT2D eigenvalue weighted by atomic mass is 35.5. The van der Waals surface area contributed by atoms with Crippen LogP contribution in [0.25, 0.3) is 0 Å². The van der Waals surface area contributed by atoms with Gasteiger partial charge in [0.05, 0.1) is 10.8 Å². The lowest BCUT2D eigenvalue weighted by Gasteiger charge is -2.18. The molecule has 1 unspecified atom stereocenters. The van der Waals surface area contributed by atoms with Gasteiger partial charge in [-0.25, -0.2) is 4.21 Å². The van der Waals surface area contributed by atoms with E-state index in [2.05, 4.69) is 0 Å². The molecule has 0 bridgehead atoms. The summed E-state index contributed by atoms with van der Waals surface area (Å²) < 4.78 is 12.6. The number of aryl methyl sites for hydroxylation is 1. The Labute approximate surface area is 97.6 Å². The highest BCUT2D eigenvalue weighted by molar-refractivity contribution is 7.90. The predicted molar refractivity (Wildman–Crippen MR) is 64.3 cm³/mol. The monoisotopic (exact) mass is 240 g/mol. The Morgan fingerprint density at radius 2 is 1.87 bits per heavy atom. The molecule has 0 amide bonds. The van der Waals surface area contributed by atoms with Gasteiger partial charge in [-0.15, -0.1) is 0 Å². The Morgan fingerprint density at radius 1 is 1.27 bits per heavy atom. The van der Waals surface area contributed by atoms with Crippen LogP contribution in [0.4, 0.5) is 0 Å². The van der Waals surface area contributed by atoms with E-state index < -0.39 is 10.8 Å². The summed E-state index contributed by atoms with van der Waals surface area (Å²) in [5.74, 6) is 0. The van der Waals surface area contributed by atoms with Crippen molar-refractivity contribution in [3.05, 3.63) is 39.8 Å². The summed E-state index contributed by atoms with van der Waals surface area (Å²) in [6.07, 6.45) is 3.20. The van der Waals surface area contributed by atoms with Gasteiger partial charge in [-0.3, -0.25) is 0 Å². The fourth-order valence-electron chi connectivity index (χ4n) is 1.45. The summed E-state index contributed by atoms with van der Waals surface area (Å²) >= 11 is 6.09. The molecule has 1 aliphatic carbocycles. The Bertz CT molecular complexity index is 414. The molecule has 15 heavy (non-hydrogen) atoms. The minimum atomic E-state index is -1.17. The molecular formula is C12H13ClOS. The van der Waals surface area contributed by atoms with E-state index in [9.17, 15) is 4.21 Å². The van der Waals surface area contributed by atoms with Crippen molar-refractivity contribution in [3.63, 3.8) is 0 Å². The molecule has 3 heteroatoms. The van der Waals surface area contributed by atoms with Gasteiger partial charge in [-0.05, 0) is 43.9 Å². The number of allylic oxidation sites excluding steroid dienone is 1. The van der Waals surface area contributed by atoms with E-state index in [1.165, 1.54) is 12.0 Å². The molecule has 0 aromatic heterocycles. The van der Waals surface area contributed by atoms with Crippen LogP contribution in [0.15, 0.2) is 39.1 Å². The number of rotatable bonds is 2. The molecule has 1 aliphatic rings. The second-order valence-corrected chi connectivity index (χ2v) is 5.83. The van der Waals surface area contributed by atoms with Crippen molar-refractivity contribution in [2.75, 3.05) is 0 Å². The number of halogens is 1. The van der Waals surface area contributed by atoms with Crippen LogP contribution < -0.4 is 0 Å². The largest absolute Gasteiger partial charge is 0.248 e. The van der Waals surface area contributed by atoms with Gasteiger partial charge in [0.1, 0.15) is 4.36 Å². The van der Waals surface area contributed by atoms with Crippen molar-refractivity contribution < 1.29 is 4.21 Å². The highest BCUT2D eigenvalue weighted by Gasteiger charge is 2.18. The minimum Gasteiger partial charge on any atom is -0.248 e. The fraction of sp³-hybridized carbons (Fsp3) is 0.333. The molecule has 0 aliphatic heterocycles. The van der Waals surface area contributed by atoms with Gasteiger partial charge < -0.3 is 0 Å². The third-order valence-corrected chi connectivity index (χ3v) is 4.64. The Hall–Kier alpha value is -0.600. The Balaban J connectivity index is 2.24. The van der Waals surface area contributed by atoms with Gasteiger partial charge in [0, 0.05) is 4.90 Å². The zero-order valence-corrected chi connectivity index (χ0v) is 10.2. The summed E-state index contributed by atoms with van der Waals surface area (Å²) in [5, 5.41) is 0. The molecule has 80 valence electrons. The van der Waals surface area contributed by atoms with Gasteiger partial charge >= 0.3 is 0 Å². The molecule has 1 aromatic carbocycles. The van der Waals surface area contributed by atoms with E-state index in [-0.39, 0.29) is 0 Å². The molecule has 0 N–H and O–H groups in total. The normalized spacial score (nSPS) is 17.1. The number of benzene rings is 1. The first-order chi connectivity index (χ1) is 7.18. The fourth-order valence-corrected chi connectivity index (χ4v) is 2.96. The zero-order chi connectivity index (χ0) is 10.8. The average molecular weight is 241 g/mol. The molecule has 2 rings (SSSR count). The van der Waals surface area contributed by atoms with Crippen LogP contribution in [0, 0.1) is 6.92 Å². The SMILES string of the molecule is Cc1ccc(S(=O)C(Cl)=C2CCC2)cc1. The molecule has 1 nitrogen and oxygen atoms in total. The maximum atomic E-state index is 12.0. The lowest BCUT2D eigenvalue weighted by molar-refractivity contribution is 0.658. The van der Waals surface area contributed by atoms with E-state index in [1.807, 2.05) is 31.2 Å². The highest BCUT2D eigenvalue weighted by Crippen LogP contribution is 2.33. The smallest absolute Gasteiger partial charge is 0.109 e. The molecule has 0 spiro atoms. The first-order valence-electron chi connectivity index (χ1n) is 5.04. The van der Waals surface area contributed by atoms with Gasteiger partial charge in [0.2, 0.25) is 0 Å². The second kappa shape index (κ2) is 4.50. The van der Waals surface area contributed by atoms with Crippen molar-refractivity contribution in [1.29, 1.82) is 0 Å². The van der Waals surface area contributed by atoms with Gasteiger partial charge in [-0.2, -0.15) is 0 Å². The summed E-state index contributed by atoms with van der Waals surface area (Å²) in [6, 6.07) is 7.69. The van der Waals surface area contributed by atoms with Gasteiger partial charge in [0.25, 0.3) is 0 Å². The topological polar surface area (TPSA) is 17.1 Å². The lowest BCUT2D eigenvalue weighted by atomic mass is 9.94. The quantitative estimate of drug-likeness (QED) is 0.770. The minimum absolute atomic E-state index is 0.546. The second-order valence-electron chi connectivity index (χ2n) is 3.81. The molecule has 1 fully saturated rings. The van der Waals surface area contributed by atoms with E-state index in [0.29, 0.717) is 4.36 Å². The van der Waals surface area contributed by atoms with E-state index in [0.717, 1.165) is 23.3 Å². The van der Waals surface area contributed by atoms with Crippen LogP contribution >= 0.6 is 11.6 Å². The van der Waals surface area contributed by atoms with Crippen LogP contribution in [0.1, 0.15) is 24.8 Å². The van der Waals surface area contributed by atoms with Crippen molar-refractivity contribution in [2.24, 2.45) is 0 Å². The van der Waals surface area contributed by atoms with Gasteiger partial charge in [-0.1, -0.05) is 29.3 Å². The summed E-state index contributed by atoms with van der Waals surface area (Å²) in [7, 11) is -1.17. The first-order valence-corrected chi connectivity index (χ1v) is 6.57. The molecular weight excluding hydrogens is 228 g/mol. The van der Waals surface area contributed by atoms with E-state index >= 15 is 0 Å². The van der Waals surface area contributed by atoms with Crippen LogP contribution in [-0.4, -0.2) is 4.21 Å². The number of hydrogen-bond acceptors (Lipinski definition) is 1. The summed E-state index contributed by atoms with van der Waals surface area (Å²) in [5.41, 5.74) is 2.33. The molecule has 0 saturated heterocycles. The van der Waals surface area contributed by atoms with Crippen LogP contribution in [-0.2, 0) is 10.8 Å². The van der Waals surface area contributed by atoms with E-state index in [1.54, 1.807) is 0 Å². The third-order valence-electron chi connectivity index (χ3n) is 2.63. The molecule has 1 atom stereocenters. The molecule has 0 heterocycles. The van der Waals surface area contributed by atoms with Gasteiger partial charge in [0.15, 0.2) is 0 Å². The van der Waals surface area contributed by atoms with Crippen molar-refractivity contribution in [3.8, 4) is 0 Å². The zero-order valence-electron chi connectivity index (χ0n) is 8.63. The standard InChI is InChI=1S/C12H13ClOS/c1-9-5-7-11(8-6-9)15(14)12(13)10-3-2-4-10/h5-8H,2-4H2,1H3. The predicted octanol–water partition coefficient (Wildman–Crippen LogP) is 3.74. The first kappa shape index (κ1) is 10.9. The molecule has 0 radical (unpaired) electrons. The van der Waals surface area contributed by atoms with Crippen molar-refractivity contribution in [1.82, 2.24) is 0 Å². The summed E-state index contributed by atoms with van der Waals surface area (Å²) in [6.45, 7) is 2.01. The van der Waals surface area contributed by atoms with E-state index in [4.69, 9.17) is 11.6 Å². The Morgan fingerprint density at radius 3 is 2.33 bits per heavy atom. The maximum absolute atomic E-state index is 12.0. The van der Waals surface area contributed by atoms with Crippen LogP contribution in [0.2, 0.25) is 0 Å². The van der Waals surface area contributed by atoms with Crippen molar-refractivity contribution >= 4 is 22.4 Å². The third kappa shape index (κ3) is 2.32. The molecule has 1 saturated carbocycles. The van der Waals surface area contributed by atoms with Crippen LogP contribution in [0.5, 0.6) is 0 Å². The van der Waals surface area contributed by atoms with Crippen LogP contribution in [0.3, 0.4) is 0 Å². The maximum Gasteiger partial charge on any atom is 0.109 e. The lowest BCUT2D eigenvalue weighted by Crippen LogP contribution is -2.03. The molecule has 1 aromatic rings. The van der Waals surface area contributed by atoms with Crippen molar-refractivity contribution in [2.45, 2.75) is 31.1 Å². The number of hydrogen-bond donors (Lipinski definition) is 0. The summed E-state index contributed by atoms with van der Waals surface area (Å²) in [4.78, 5) is 0.796. The Kier molecular flexibility index (Phi) is 3.27.